The van der Waals surface area contributed by atoms with E-state index in [1.165, 1.54) is 26.2 Å². The molecule has 124 valence electrons. The Kier molecular flexibility index (Phi) is 4.96. The van der Waals surface area contributed by atoms with Crippen molar-refractivity contribution in [3.63, 3.8) is 0 Å². The minimum absolute atomic E-state index is 0.0478. The first-order valence-electron chi connectivity index (χ1n) is 8.54. The van der Waals surface area contributed by atoms with Crippen LogP contribution in [0.2, 0.25) is 0 Å². The van der Waals surface area contributed by atoms with Crippen LogP contribution in [0.1, 0.15) is 31.7 Å². The number of fused-ring (bicyclic) bond motifs is 1. The van der Waals surface area contributed by atoms with Crippen LogP contribution < -0.4 is 10.2 Å². The van der Waals surface area contributed by atoms with Crippen molar-refractivity contribution in [3.05, 3.63) is 29.8 Å². The number of anilines is 1. The number of nitrogens with one attached hydrogen (secondary N) is 1. The van der Waals surface area contributed by atoms with Gasteiger partial charge in [-0.25, -0.2) is 0 Å². The van der Waals surface area contributed by atoms with Crippen molar-refractivity contribution < 1.29 is 9.59 Å². The van der Waals surface area contributed by atoms with E-state index in [1.54, 1.807) is 4.90 Å². The predicted octanol–water partition coefficient (Wildman–Crippen LogP) is 1.57. The Labute approximate surface area is 137 Å². The molecule has 0 aromatic heterocycles. The monoisotopic (exact) mass is 315 g/mol. The molecular formula is C18H25N3O2. The molecule has 5 nitrogen and oxygen atoms in total. The molecule has 0 radical (unpaired) electrons. The van der Waals surface area contributed by atoms with Gasteiger partial charge in [0.1, 0.15) is 6.04 Å². The van der Waals surface area contributed by atoms with Gasteiger partial charge >= 0.3 is 0 Å². The Bertz CT molecular complexity index is 581. The number of hydrogen-bond acceptors (Lipinski definition) is 3. The average molecular weight is 315 g/mol. The molecule has 0 aliphatic carbocycles. The first-order valence-corrected chi connectivity index (χ1v) is 8.54. The van der Waals surface area contributed by atoms with Gasteiger partial charge in [-0.3, -0.25) is 14.5 Å². The van der Waals surface area contributed by atoms with Crippen LogP contribution in [0, 0.1) is 0 Å². The Morgan fingerprint density at radius 1 is 1.17 bits per heavy atom. The van der Waals surface area contributed by atoms with Crippen LogP contribution >= 0.6 is 0 Å². The van der Waals surface area contributed by atoms with Crippen molar-refractivity contribution in [3.8, 4) is 0 Å². The van der Waals surface area contributed by atoms with Crippen LogP contribution in [-0.2, 0) is 16.0 Å². The van der Waals surface area contributed by atoms with Crippen molar-refractivity contribution in [1.29, 1.82) is 0 Å². The second-order valence-corrected chi connectivity index (χ2v) is 6.43. The molecule has 1 saturated heterocycles. The van der Waals surface area contributed by atoms with Crippen molar-refractivity contribution in [2.24, 2.45) is 0 Å². The third-order valence-electron chi connectivity index (χ3n) is 4.79. The van der Waals surface area contributed by atoms with E-state index in [-0.39, 0.29) is 11.8 Å². The third-order valence-corrected chi connectivity index (χ3v) is 4.79. The van der Waals surface area contributed by atoms with Gasteiger partial charge in [-0.05, 0) is 37.6 Å². The van der Waals surface area contributed by atoms with Gasteiger partial charge in [0.25, 0.3) is 0 Å². The van der Waals surface area contributed by atoms with Crippen LogP contribution in [0.15, 0.2) is 24.3 Å². The number of carbonyl (C=O) groups is 2. The number of piperidine rings is 1. The molecule has 5 heteroatoms. The second-order valence-electron chi connectivity index (χ2n) is 6.43. The lowest BCUT2D eigenvalue weighted by atomic mass is 10.1. The lowest BCUT2D eigenvalue weighted by molar-refractivity contribution is -0.125. The standard InChI is InChI=1S/C18H25N3O2/c1-14(22)21-16-8-4-3-7-15(16)13-17(21)18(23)19-9-12-20-10-5-2-6-11-20/h3-4,7-8,17H,2,5-6,9-13H2,1H3,(H,19,23)/t17-/m1/s1. The molecule has 2 aliphatic heterocycles. The van der Waals surface area contributed by atoms with E-state index in [0.717, 1.165) is 30.9 Å². The van der Waals surface area contributed by atoms with Crippen LogP contribution in [0.5, 0.6) is 0 Å². The van der Waals surface area contributed by atoms with Crippen LogP contribution in [0.25, 0.3) is 0 Å². The zero-order valence-electron chi connectivity index (χ0n) is 13.8. The smallest absolute Gasteiger partial charge is 0.243 e. The summed E-state index contributed by atoms with van der Waals surface area (Å²) in [7, 11) is 0. The number of hydrogen-bond donors (Lipinski definition) is 1. The third kappa shape index (κ3) is 3.55. The molecular weight excluding hydrogens is 290 g/mol. The molecule has 2 amide bonds. The predicted molar refractivity (Wildman–Crippen MR) is 90.4 cm³/mol. The summed E-state index contributed by atoms with van der Waals surface area (Å²) in [5, 5.41) is 3.02. The number of amides is 2. The van der Waals surface area contributed by atoms with E-state index >= 15 is 0 Å². The number of para-hydroxylation sites is 1. The van der Waals surface area contributed by atoms with E-state index in [4.69, 9.17) is 0 Å². The normalized spacial score (nSPS) is 21.1. The van der Waals surface area contributed by atoms with Gasteiger partial charge in [0.15, 0.2) is 0 Å². The van der Waals surface area contributed by atoms with E-state index < -0.39 is 6.04 Å². The molecule has 1 aromatic rings. The van der Waals surface area contributed by atoms with E-state index in [2.05, 4.69) is 10.2 Å². The second kappa shape index (κ2) is 7.13. The molecule has 1 fully saturated rings. The lowest BCUT2D eigenvalue weighted by Gasteiger charge is -2.27. The topological polar surface area (TPSA) is 52.7 Å². The molecule has 0 spiro atoms. The molecule has 1 atom stereocenters. The van der Waals surface area contributed by atoms with Crippen molar-refractivity contribution in [2.45, 2.75) is 38.6 Å². The highest BCUT2D eigenvalue weighted by Crippen LogP contribution is 2.32. The van der Waals surface area contributed by atoms with E-state index in [0.29, 0.717) is 13.0 Å². The maximum Gasteiger partial charge on any atom is 0.243 e. The van der Waals surface area contributed by atoms with Gasteiger partial charge < -0.3 is 10.2 Å². The quantitative estimate of drug-likeness (QED) is 0.917. The zero-order valence-corrected chi connectivity index (χ0v) is 13.8. The summed E-state index contributed by atoms with van der Waals surface area (Å²) < 4.78 is 0. The van der Waals surface area contributed by atoms with Gasteiger partial charge in [-0.15, -0.1) is 0 Å². The van der Waals surface area contributed by atoms with Crippen molar-refractivity contribution in [2.75, 3.05) is 31.1 Å². The van der Waals surface area contributed by atoms with Gasteiger partial charge in [0, 0.05) is 32.1 Å². The Balaban J connectivity index is 1.57. The molecule has 23 heavy (non-hydrogen) atoms. The number of likely N-dealkylation sites (tertiary alicyclic amines) is 1. The van der Waals surface area contributed by atoms with Crippen molar-refractivity contribution in [1.82, 2.24) is 10.2 Å². The number of benzene rings is 1. The summed E-state index contributed by atoms with van der Waals surface area (Å²) in [4.78, 5) is 28.6. The molecule has 2 aliphatic rings. The Hall–Kier alpha value is -1.88. The van der Waals surface area contributed by atoms with Crippen LogP contribution in [-0.4, -0.2) is 48.9 Å². The molecule has 3 rings (SSSR count). The summed E-state index contributed by atoms with van der Waals surface area (Å²) in [5.74, 6) is -0.125. The first kappa shape index (κ1) is 16.0. The highest BCUT2D eigenvalue weighted by Gasteiger charge is 2.36. The van der Waals surface area contributed by atoms with Crippen LogP contribution in [0.3, 0.4) is 0 Å². The van der Waals surface area contributed by atoms with Gasteiger partial charge in [-0.1, -0.05) is 24.6 Å². The van der Waals surface area contributed by atoms with E-state index in [1.807, 2.05) is 24.3 Å². The fourth-order valence-electron chi connectivity index (χ4n) is 3.62. The van der Waals surface area contributed by atoms with Gasteiger partial charge in [-0.2, -0.15) is 0 Å². The summed E-state index contributed by atoms with van der Waals surface area (Å²) in [6, 6.07) is 7.36. The summed E-state index contributed by atoms with van der Waals surface area (Å²) >= 11 is 0. The maximum absolute atomic E-state index is 12.5. The SMILES string of the molecule is CC(=O)N1c2ccccc2C[C@@H]1C(=O)NCCN1CCCCC1. The summed E-state index contributed by atoms with van der Waals surface area (Å²) in [5.41, 5.74) is 1.94. The molecule has 2 heterocycles. The van der Waals surface area contributed by atoms with Gasteiger partial charge in [0.2, 0.25) is 11.8 Å². The molecule has 0 unspecified atom stereocenters. The first-order chi connectivity index (χ1) is 11.2. The summed E-state index contributed by atoms with van der Waals surface area (Å²) in [6.45, 7) is 5.33. The Morgan fingerprint density at radius 3 is 2.65 bits per heavy atom. The van der Waals surface area contributed by atoms with E-state index in [9.17, 15) is 9.59 Å². The molecule has 0 saturated carbocycles. The number of nitrogens with zero attached hydrogens (tertiary/aromatic N) is 2. The summed E-state index contributed by atoms with van der Waals surface area (Å²) in [6.07, 6.45) is 4.43. The molecule has 0 bridgehead atoms. The average Bonchev–Trinajstić information content (AvgIpc) is 2.95. The highest BCUT2D eigenvalue weighted by atomic mass is 16.2. The highest BCUT2D eigenvalue weighted by molar-refractivity contribution is 6.02. The molecule has 1 N–H and O–H groups in total. The Morgan fingerprint density at radius 2 is 1.91 bits per heavy atom. The molecule has 1 aromatic carbocycles. The largest absolute Gasteiger partial charge is 0.353 e. The number of carbonyl (C=O) groups excluding carboxylic acids is 2. The minimum atomic E-state index is -0.411. The van der Waals surface area contributed by atoms with Gasteiger partial charge in [0.05, 0.1) is 0 Å². The number of rotatable bonds is 4. The minimum Gasteiger partial charge on any atom is -0.353 e. The van der Waals surface area contributed by atoms with Crippen molar-refractivity contribution >= 4 is 17.5 Å². The van der Waals surface area contributed by atoms with Crippen LogP contribution in [0.4, 0.5) is 5.69 Å². The lowest BCUT2D eigenvalue weighted by Crippen LogP contribution is -2.49. The zero-order chi connectivity index (χ0) is 16.2. The fourth-order valence-corrected chi connectivity index (χ4v) is 3.62. The fraction of sp³-hybridized carbons (Fsp3) is 0.556. The maximum atomic E-state index is 12.5.